The second-order valence-electron chi connectivity index (χ2n) is 5.37. The number of hydrogen-bond acceptors (Lipinski definition) is 2. The third kappa shape index (κ3) is 5.65. The Hall–Kier alpha value is -0.860. The first-order chi connectivity index (χ1) is 8.63. The van der Waals surface area contributed by atoms with E-state index in [1.165, 1.54) is 12.0 Å². The lowest BCUT2D eigenvalue weighted by atomic mass is 10.0. The van der Waals surface area contributed by atoms with Crippen molar-refractivity contribution >= 4 is 0 Å². The quantitative estimate of drug-likeness (QED) is 0.766. The zero-order chi connectivity index (χ0) is 13.4. The predicted octanol–water partition coefficient (Wildman–Crippen LogP) is 3.07. The number of rotatable bonds is 8. The maximum Gasteiger partial charge on any atom is 0.0171 e. The van der Waals surface area contributed by atoms with Crippen molar-refractivity contribution in [3.05, 3.63) is 35.9 Å². The van der Waals surface area contributed by atoms with E-state index in [1.54, 1.807) is 0 Å². The summed E-state index contributed by atoms with van der Waals surface area (Å²) in [4.78, 5) is 2.48. The summed E-state index contributed by atoms with van der Waals surface area (Å²) in [6.45, 7) is 8.89. The van der Waals surface area contributed by atoms with E-state index in [4.69, 9.17) is 5.73 Å². The number of aryl methyl sites for hydroxylation is 1. The zero-order valence-corrected chi connectivity index (χ0v) is 12.1. The Morgan fingerprint density at radius 3 is 2.39 bits per heavy atom. The number of nitrogens with two attached hydrogens (primary N) is 1. The summed E-state index contributed by atoms with van der Waals surface area (Å²) in [7, 11) is 0. The normalized spacial score (nSPS) is 13.2. The van der Waals surface area contributed by atoms with Crippen molar-refractivity contribution in [2.75, 3.05) is 13.1 Å². The fourth-order valence-electron chi connectivity index (χ4n) is 2.24. The molecular formula is C16H28N2. The molecule has 0 amide bonds. The second-order valence-corrected chi connectivity index (χ2v) is 5.37. The molecule has 2 nitrogen and oxygen atoms in total. The molecule has 0 saturated carbocycles. The monoisotopic (exact) mass is 248 g/mol. The van der Waals surface area contributed by atoms with Crippen LogP contribution in [0.2, 0.25) is 0 Å². The van der Waals surface area contributed by atoms with Crippen LogP contribution in [0.5, 0.6) is 0 Å². The molecule has 0 aliphatic rings. The third-order valence-electron chi connectivity index (χ3n) is 3.36. The summed E-state index contributed by atoms with van der Waals surface area (Å²) >= 11 is 0. The molecule has 0 aliphatic heterocycles. The third-order valence-corrected chi connectivity index (χ3v) is 3.36. The van der Waals surface area contributed by atoms with E-state index in [2.05, 4.69) is 56.0 Å². The van der Waals surface area contributed by atoms with Gasteiger partial charge in [0.15, 0.2) is 0 Å². The molecule has 1 aromatic rings. The van der Waals surface area contributed by atoms with Crippen LogP contribution in [-0.2, 0) is 6.42 Å². The van der Waals surface area contributed by atoms with Gasteiger partial charge in [-0.3, -0.25) is 4.90 Å². The molecule has 0 heterocycles. The van der Waals surface area contributed by atoms with E-state index < -0.39 is 0 Å². The van der Waals surface area contributed by atoms with Crippen LogP contribution in [0.3, 0.4) is 0 Å². The fourth-order valence-corrected chi connectivity index (χ4v) is 2.24. The van der Waals surface area contributed by atoms with Crippen molar-refractivity contribution in [2.24, 2.45) is 5.73 Å². The minimum absolute atomic E-state index is 0.277. The van der Waals surface area contributed by atoms with Crippen LogP contribution in [0.1, 0.15) is 39.2 Å². The molecule has 0 saturated heterocycles. The lowest BCUT2D eigenvalue weighted by molar-refractivity contribution is 0.205. The topological polar surface area (TPSA) is 29.3 Å². The molecule has 0 bridgehead atoms. The van der Waals surface area contributed by atoms with Gasteiger partial charge in [0.1, 0.15) is 0 Å². The maximum absolute atomic E-state index is 6.25. The second kappa shape index (κ2) is 8.28. The predicted molar refractivity (Wildman–Crippen MR) is 79.7 cm³/mol. The Kier molecular flexibility index (Phi) is 6.99. The number of nitrogens with zero attached hydrogens (tertiary/aromatic N) is 1. The van der Waals surface area contributed by atoms with E-state index >= 15 is 0 Å². The molecule has 18 heavy (non-hydrogen) atoms. The van der Waals surface area contributed by atoms with E-state index in [0.29, 0.717) is 6.04 Å². The lowest BCUT2D eigenvalue weighted by Gasteiger charge is -2.28. The maximum atomic E-state index is 6.25. The SMILES string of the molecule is CCCN(CC(N)CCc1ccccc1)C(C)C. The standard InChI is InChI=1S/C16H28N2/c1-4-12-18(14(2)3)13-16(17)11-10-15-8-6-5-7-9-15/h5-9,14,16H,4,10-13,17H2,1-3H3. The molecule has 2 heteroatoms. The van der Waals surface area contributed by atoms with Crippen molar-refractivity contribution < 1.29 is 0 Å². The van der Waals surface area contributed by atoms with E-state index in [1.807, 2.05) is 0 Å². The van der Waals surface area contributed by atoms with Crippen molar-refractivity contribution in [2.45, 2.75) is 52.1 Å². The average Bonchev–Trinajstić information content (AvgIpc) is 2.37. The van der Waals surface area contributed by atoms with Crippen molar-refractivity contribution in [1.82, 2.24) is 4.90 Å². The minimum Gasteiger partial charge on any atom is -0.327 e. The molecule has 1 aromatic carbocycles. The average molecular weight is 248 g/mol. The first-order valence-corrected chi connectivity index (χ1v) is 7.17. The molecule has 102 valence electrons. The van der Waals surface area contributed by atoms with Crippen molar-refractivity contribution in [3.63, 3.8) is 0 Å². The number of hydrogen-bond donors (Lipinski definition) is 1. The van der Waals surface area contributed by atoms with Gasteiger partial charge in [0.05, 0.1) is 0 Å². The first kappa shape index (κ1) is 15.2. The van der Waals surface area contributed by atoms with Gasteiger partial charge in [0, 0.05) is 18.6 Å². The van der Waals surface area contributed by atoms with Gasteiger partial charge >= 0.3 is 0 Å². The van der Waals surface area contributed by atoms with Crippen molar-refractivity contribution in [1.29, 1.82) is 0 Å². The minimum atomic E-state index is 0.277. The van der Waals surface area contributed by atoms with Crippen LogP contribution in [0.4, 0.5) is 0 Å². The van der Waals surface area contributed by atoms with Crippen LogP contribution in [-0.4, -0.2) is 30.1 Å². The highest BCUT2D eigenvalue weighted by atomic mass is 15.2. The van der Waals surface area contributed by atoms with Gasteiger partial charge in [-0.05, 0) is 45.2 Å². The molecule has 0 aliphatic carbocycles. The molecule has 0 fully saturated rings. The van der Waals surface area contributed by atoms with E-state index in [9.17, 15) is 0 Å². The molecule has 1 rings (SSSR count). The van der Waals surface area contributed by atoms with Crippen molar-refractivity contribution in [3.8, 4) is 0 Å². The van der Waals surface area contributed by atoms with Crippen LogP contribution in [0.15, 0.2) is 30.3 Å². The van der Waals surface area contributed by atoms with Crippen LogP contribution >= 0.6 is 0 Å². The van der Waals surface area contributed by atoms with Gasteiger partial charge in [0.2, 0.25) is 0 Å². The van der Waals surface area contributed by atoms with Crippen LogP contribution in [0, 0.1) is 0 Å². The summed E-state index contributed by atoms with van der Waals surface area (Å²) in [5, 5.41) is 0. The highest BCUT2D eigenvalue weighted by Crippen LogP contribution is 2.07. The highest BCUT2D eigenvalue weighted by Gasteiger charge is 2.12. The van der Waals surface area contributed by atoms with Gasteiger partial charge in [-0.2, -0.15) is 0 Å². The summed E-state index contributed by atoms with van der Waals surface area (Å²) in [6.07, 6.45) is 3.35. The smallest absolute Gasteiger partial charge is 0.0171 e. The molecule has 0 radical (unpaired) electrons. The Balaban J connectivity index is 2.34. The summed E-state index contributed by atoms with van der Waals surface area (Å²) < 4.78 is 0. The summed E-state index contributed by atoms with van der Waals surface area (Å²) in [5.41, 5.74) is 7.64. The Bertz CT molecular complexity index is 308. The molecule has 2 N–H and O–H groups in total. The van der Waals surface area contributed by atoms with E-state index in [-0.39, 0.29) is 6.04 Å². The number of benzene rings is 1. The highest BCUT2D eigenvalue weighted by molar-refractivity contribution is 5.14. The van der Waals surface area contributed by atoms with Gasteiger partial charge in [-0.25, -0.2) is 0 Å². The van der Waals surface area contributed by atoms with Gasteiger partial charge in [-0.15, -0.1) is 0 Å². The van der Waals surface area contributed by atoms with Gasteiger partial charge in [-0.1, -0.05) is 37.3 Å². The Labute approximate surface area is 112 Å². The first-order valence-electron chi connectivity index (χ1n) is 7.17. The van der Waals surface area contributed by atoms with E-state index in [0.717, 1.165) is 25.9 Å². The zero-order valence-electron chi connectivity index (χ0n) is 12.1. The molecular weight excluding hydrogens is 220 g/mol. The summed E-state index contributed by atoms with van der Waals surface area (Å²) in [6, 6.07) is 11.5. The Morgan fingerprint density at radius 1 is 1.17 bits per heavy atom. The van der Waals surface area contributed by atoms with Crippen LogP contribution in [0.25, 0.3) is 0 Å². The molecule has 1 unspecified atom stereocenters. The lowest BCUT2D eigenvalue weighted by Crippen LogP contribution is -2.41. The summed E-state index contributed by atoms with van der Waals surface area (Å²) in [5.74, 6) is 0. The Morgan fingerprint density at radius 2 is 1.83 bits per heavy atom. The van der Waals surface area contributed by atoms with Crippen LogP contribution < -0.4 is 5.73 Å². The largest absolute Gasteiger partial charge is 0.327 e. The van der Waals surface area contributed by atoms with Gasteiger partial charge < -0.3 is 5.73 Å². The molecule has 0 spiro atoms. The molecule has 0 aromatic heterocycles. The van der Waals surface area contributed by atoms with Gasteiger partial charge in [0.25, 0.3) is 0 Å². The molecule has 1 atom stereocenters. The fraction of sp³-hybridized carbons (Fsp3) is 0.625.